The van der Waals surface area contributed by atoms with E-state index in [1.807, 2.05) is 12.1 Å². The SMILES string of the molecule is COc1cc2c(cc1OC)CN(CCCCNS(=O)(=O)c1ccc(F)c(Cl)c1)CC2. The van der Waals surface area contributed by atoms with E-state index >= 15 is 0 Å². The first-order valence-electron chi connectivity index (χ1n) is 9.75. The zero-order chi connectivity index (χ0) is 21.7. The van der Waals surface area contributed by atoms with Crippen LogP contribution in [0.25, 0.3) is 0 Å². The number of halogens is 2. The number of nitrogens with zero attached hydrogens (tertiary/aromatic N) is 1. The number of sulfonamides is 1. The van der Waals surface area contributed by atoms with Crippen LogP contribution in [-0.4, -0.2) is 47.2 Å². The van der Waals surface area contributed by atoms with Gasteiger partial charge in [-0.3, -0.25) is 4.90 Å². The molecule has 0 unspecified atom stereocenters. The Morgan fingerprint density at radius 1 is 1.10 bits per heavy atom. The monoisotopic (exact) mass is 456 g/mol. The van der Waals surface area contributed by atoms with Crippen LogP contribution in [0.5, 0.6) is 11.5 Å². The molecule has 2 aromatic rings. The van der Waals surface area contributed by atoms with E-state index in [0.29, 0.717) is 13.0 Å². The minimum atomic E-state index is -3.70. The number of hydrogen-bond donors (Lipinski definition) is 1. The summed E-state index contributed by atoms with van der Waals surface area (Å²) in [5.74, 6) is 0.836. The van der Waals surface area contributed by atoms with Crippen molar-refractivity contribution in [2.24, 2.45) is 0 Å². The maximum Gasteiger partial charge on any atom is 0.240 e. The average Bonchev–Trinajstić information content (AvgIpc) is 2.74. The molecule has 1 aliphatic rings. The molecule has 0 fully saturated rings. The highest BCUT2D eigenvalue weighted by atomic mass is 35.5. The predicted molar refractivity (Wildman–Crippen MR) is 114 cm³/mol. The summed E-state index contributed by atoms with van der Waals surface area (Å²) in [7, 11) is -0.432. The van der Waals surface area contributed by atoms with Crippen molar-refractivity contribution in [3.05, 3.63) is 52.3 Å². The van der Waals surface area contributed by atoms with Crippen LogP contribution < -0.4 is 14.2 Å². The Morgan fingerprint density at radius 3 is 2.47 bits per heavy atom. The molecule has 0 bridgehead atoms. The van der Waals surface area contributed by atoms with Gasteiger partial charge in [0.2, 0.25) is 10.0 Å². The van der Waals surface area contributed by atoms with Crippen LogP contribution in [0.2, 0.25) is 5.02 Å². The van der Waals surface area contributed by atoms with Crippen molar-refractivity contribution in [3.63, 3.8) is 0 Å². The van der Waals surface area contributed by atoms with Crippen LogP contribution in [0.1, 0.15) is 24.0 Å². The molecule has 164 valence electrons. The maximum atomic E-state index is 13.2. The Morgan fingerprint density at radius 2 is 1.80 bits per heavy atom. The molecule has 0 saturated heterocycles. The summed E-state index contributed by atoms with van der Waals surface area (Å²) in [5.41, 5.74) is 2.50. The molecule has 0 aliphatic carbocycles. The molecule has 6 nitrogen and oxygen atoms in total. The molecule has 0 atom stereocenters. The van der Waals surface area contributed by atoms with Gasteiger partial charge in [0.05, 0.1) is 24.1 Å². The van der Waals surface area contributed by atoms with Crippen molar-refractivity contribution in [1.29, 1.82) is 0 Å². The van der Waals surface area contributed by atoms with E-state index < -0.39 is 15.8 Å². The van der Waals surface area contributed by atoms with Crippen LogP contribution in [0.3, 0.4) is 0 Å². The van der Waals surface area contributed by atoms with E-state index in [1.54, 1.807) is 14.2 Å². The van der Waals surface area contributed by atoms with Crippen LogP contribution in [0.4, 0.5) is 4.39 Å². The summed E-state index contributed by atoms with van der Waals surface area (Å²) in [4.78, 5) is 2.31. The number of hydrogen-bond acceptors (Lipinski definition) is 5. The van der Waals surface area contributed by atoms with Gasteiger partial charge in [-0.25, -0.2) is 17.5 Å². The molecule has 0 radical (unpaired) electrons. The maximum absolute atomic E-state index is 13.2. The van der Waals surface area contributed by atoms with E-state index in [2.05, 4.69) is 9.62 Å². The van der Waals surface area contributed by atoms with Crippen LogP contribution in [0.15, 0.2) is 35.2 Å². The summed E-state index contributed by atoms with van der Waals surface area (Å²) < 4.78 is 51.1. The average molecular weight is 457 g/mol. The number of unbranched alkanes of at least 4 members (excludes halogenated alkanes) is 1. The van der Waals surface area contributed by atoms with E-state index in [-0.39, 0.29) is 9.92 Å². The second-order valence-corrected chi connectivity index (χ2v) is 9.36. The number of methoxy groups -OCH3 is 2. The van der Waals surface area contributed by atoms with Crippen molar-refractivity contribution in [2.45, 2.75) is 30.7 Å². The van der Waals surface area contributed by atoms with Crippen LogP contribution in [0, 0.1) is 5.82 Å². The Balaban J connectivity index is 1.47. The summed E-state index contributed by atoms with van der Waals surface area (Å²) in [6.07, 6.45) is 2.49. The molecule has 1 aliphatic heterocycles. The number of benzene rings is 2. The number of ether oxygens (including phenoxy) is 2. The fourth-order valence-electron chi connectivity index (χ4n) is 3.53. The highest BCUT2D eigenvalue weighted by Gasteiger charge is 2.19. The summed E-state index contributed by atoms with van der Waals surface area (Å²) in [6, 6.07) is 7.45. The molecule has 0 aromatic heterocycles. The third kappa shape index (κ3) is 5.43. The highest BCUT2D eigenvalue weighted by molar-refractivity contribution is 7.89. The summed E-state index contributed by atoms with van der Waals surface area (Å²) >= 11 is 5.67. The normalized spacial score (nSPS) is 14.4. The third-order valence-electron chi connectivity index (χ3n) is 5.19. The van der Waals surface area contributed by atoms with Gasteiger partial charge in [0.15, 0.2) is 11.5 Å². The van der Waals surface area contributed by atoms with Gasteiger partial charge in [-0.1, -0.05) is 11.6 Å². The van der Waals surface area contributed by atoms with Crippen LogP contribution >= 0.6 is 11.6 Å². The molecule has 0 amide bonds. The smallest absolute Gasteiger partial charge is 0.240 e. The first kappa shape index (κ1) is 22.8. The first-order chi connectivity index (χ1) is 14.3. The van der Waals surface area contributed by atoms with E-state index in [0.717, 1.165) is 56.1 Å². The standard InChI is InChI=1S/C21H26ClFN2O4S/c1-28-20-11-15-7-10-25(14-16(15)12-21(20)29-2)9-4-3-8-24-30(26,27)17-5-6-19(23)18(22)13-17/h5-6,11-13,24H,3-4,7-10,14H2,1-2H3. The van der Waals surface area contributed by atoms with Crippen molar-refractivity contribution in [2.75, 3.05) is 33.9 Å². The van der Waals surface area contributed by atoms with Crippen molar-refractivity contribution in [3.8, 4) is 11.5 Å². The van der Waals surface area contributed by atoms with Gasteiger partial charge in [0, 0.05) is 19.6 Å². The number of fused-ring (bicyclic) bond motifs is 1. The molecule has 2 aromatic carbocycles. The molecule has 1 N–H and O–H groups in total. The second kappa shape index (κ2) is 9.96. The second-order valence-electron chi connectivity index (χ2n) is 7.18. The zero-order valence-electron chi connectivity index (χ0n) is 17.1. The molecule has 1 heterocycles. The summed E-state index contributed by atoms with van der Waals surface area (Å²) in [5, 5.41) is -0.211. The number of rotatable bonds is 9. The Labute approximate surface area is 182 Å². The van der Waals surface area contributed by atoms with Crippen molar-refractivity contribution >= 4 is 21.6 Å². The fraction of sp³-hybridized carbons (Fsp3) is 0.429. The Kier molecular flexibility index (Phi) is 7.57. The lowest BCUT2D eigenvalue weighted by atomic mass is 9.98. The molecule has 9 heteroatoms. The van der Waals surface area contributed by atoms with E-state index in [4.69, 9.17) is 21.1 Å². The lowest BCUT2D eigenvalue weighted by molar-refractivity contribution is 0.248. The van der Waals surface area contributed by atoms with Gasteiger partial charge < -0.3 is 9.47 Å². The van der Waals surface area contributed by atoms with Crippen molar-refractivity contribution < 1.29 is 22.3 Å². The molecular formula is C21H26ClFN2O4S. The number of nitrogens with one attached hydrogen (secondary N) is 1. The van der Waals surface area contributed by atoms with Gasteiger partial charge in [0.1, 0.15) is 5.82 Å². The largest absolute Gasteiger partial charge is 0.493 e. The van der Waals surface area contributed by atoms with Crippen LogP contribution in [-0.2, 0) is 23.0 Å². The Hall–Kier alpha value is -1.87. The minimum absolute atomic E-state index is 0.0362. The lowest BCUT2D eigenvalue weighted by Gasteiger charge is -2.29. The van der Waals surface area contributed by atoms with E-state index in [9.17, 15) is 12.8 Å². The summed E-state index contributed by atoms with van der Waals surface area (Å²) in [6.45, 7) is 2.96. The molecule has 0 saturated carbocycles. The zero-order valence-corrected chi connectivity index (χ0v) is 18.7. The van der Waals surface area contributed by atoms with Gasteiger partial charge in [0.25, 0.3) is 0 Å². The van der Waals surface area contributed by atoms with Gasteiger partial charge >= 0.3 is 0 Å². The molecule has 3 rings (SSSR count). The predicted octanol–water partition coefficient (Wildman–Crippen LogP) is 3.61. The third-order valence-corrected chi connectivity index (χ3v) is 6.94. The fourth-order valence-corrected chi connectivity index (χ4v) is 4.87. The Bertz CT molecular complexity index is 1000. The highest BCUT2D eigenvalue weighted by Crippen LogP contribution is 2.33. The minimum Gasteiger partial charge on any atom is -0.493 e. The lowest BCUT2D eigenvalue weighted by Crippen LogP contribution is -2.32. The van der Waals surface area contributed by atoms with Gasteiger partial charge in [-0.2, -0.15) is 0 Å². The molecule has 0 spiro atoms. The van der Waals surface area contributed by atoms with Crippen molar-refractivity contribution in [1.82, 2.24) is 9.62 Å². The topological polar surface area (TPSA) is 67.9 Å². The van der Waals surface area contributed by atoms with Gasteiger partial charge in [-0.15, -0.1) is 0 Å². The molecular weight excluding hydrogens is 431 g/mol. The quantitative estimate of drug-likeness (QED) is 0.584. The molecule has 30 heavy (non-hydrogen) atoms. The van der Waals surface area contributed by atoms with E-state index in [1.165, 1.54) is 17.2 Å². The first-order valence-corrected chi connectivity index (χ1v) is 11.6. The van der Waals surface area contributed by atoms with Gasteiger partial charge in [-0.05, 0) is 67.3 Å².